The third kappa shape index (κ3) is 1.55. The normalized spacial score (nSPS) is 11.0. The first kappa shape index (κ1) is 11.1. The number of nitrogen functional groups attached to an aromatic ring is 1. The molecule has 2 N–H and O–H groups in total. The largest absolute Gasteiger partial charge is 0.382 e. The van der Waals surface area contributed by atoms with Crippen LogP contribution in [0.15, 0.2) is 28.9 Å². The van der Waals surface area contributed by atoms with Gasteiger partial charge in [-0.3, -0.25) is 0 Å². The van der Waals surface area contributed by atoms with E-state index in [1.165, 1.54) is 0 Å². The molecule has 0 atom stereocenters. The van der Waals surface area contributed by atoms with Gasteiger partial charge in [0.25, 0.3) is 0 Å². The van der Waals surface area contributed by atoms with Gasteiger partial charge in [0.15, 0.2) is 10.4 Å². The molecule has 3 rings (SSSR count). The smallest absolute Gasteiger partial charge is 0.158 e. The number of fused-ring (bicyclic) bond motifs is 1. The third-order valence-electron chi connectivity index (χ3n) is 2.73. The van der Waals surface area contributed by atoms with Gasteiger partial charge >= 0.3 is 0 Å². The molecule has 0 bridgehead atoms. The lowest BCUT2D eigenvalue weighted by molar-refractivity contribution is 0.718. The third-order valence-corrected chi connectivity index (χ3v) is 3.26. The maximum atomic E-state index is 5.83. The van der Waals surface area contributed by atoms with Crippen LogP contribution in [0.3, 0.4) is 0 Å². The van der Waals surface area contributed by atoms with E-state index in [4.69, 9.17) is 5.73 Å². The van der Waals surface area contributed by atoms with E-state index >= 15 is 0 Å². The summed E-state index contributed by atoms with van der Waals surface area (Å²) in [4.78, 5) is 0. The zero-order valence-electron chi connectivity index (χ0n) is 9.50. The first-order chi connectivity index (χ1) is 8.68. The summed E-state index contributed by atoms with van der Waals surface area (Å²) in [6.07, 6.45) is 0. The number of nitrogens with two attached hydrogens (primary N) is 1. The molecule has 0 aliphatic carbocycles. The number of hydrogen-bond donors (Lipinski definition) is 1. The SMILES string of the molecule is Cn1nnc(Br)c1-c1nnc(N)c2ccccc12. The summed E-state index contributed by atoms with van der Waals surface area (Å²) in [5.41, 5.74) is 7.32. The molecule has 0 spiro atoms. The molecule has 0 unspecified atom stereocenters. The van der Waals surface area contributed by atoms with Crippen molar-refractivity contribution in [1.29, 1.82) is 0 Å². The highest BCUT2D eigenvalue weighted by atomic mass is 79.9. The summed E-state index contributed by atoms with van der Waals surface area (Å²) in [6.45, 7) is 0. The van der Waals surface area contributed by atoms with Crippen molar-refractivity contribution in [3.8, 4) is 11.4 Å². The highest BCUT2D eigenvalue weighted by molar-refractivity contribution is 9.10. The molecule has 1 aromatic carbocycles. The Bertz CT molecular complexity index is 716. The minimum absolute atomic E-state index is 0.417. The molecular formula is C11H9BrN6. The van der Waals surface area contributed by atoms with Crippen LogP contribution in [0, 0.1) is 0 Å². The van der Waals surface area contributed by atoms with Gasteiger partial charge in [-0.05, 0) is 15.9 Å². The second-order valence-corrected chi connectivity index (χ2v) is 4.58. The molecule has 6 nitrogen and oxygen atoms in total. The highest BCUT2D eigenvalue weighted by Gasteiger charge is 2.16. The fourth-order valence-corrected chi connectivity index (χ4v) is 2.40. The minimum atomic E-state index is 0.417. The Morgan fingerprint density at radius 1 is 1.11 bits per heavy atom. The van der Waals surface area contributed by atoms with E-state index in [0.717, 1.165) is 16.5 Å². The van der Waals surface area contributed by atoms with E-state index in [9.17, 15) is 0 Å². The first-order valence-corrected chi connectivity index (χ1v) is 6.04. The standard InChI is InChI=1S/C11H9BrN6/c1-18-9(10(12)15-17-18)8-6-4-2-3-5-7(6)11(13)16-14-8/h2-5H,1H3,(H2,13,16). The molecule has 0 amide bonds. The maximum absolute atomic E-state index is 5.83. The van der Waals surface area contributed by atoms with Crippen LogP contribution in [0.25, 0.3) is 22.2 Å². The molecule has 0 saturated carbocycles. The second kappa shape index (κ2) is 4.02. The van der Waals surface area contributed by atoms with Crippen LogP contribution in [-0.4, -0.2) is 25.2 Å². The van der Waals surface area contributed by atoms with Crippen LogP contribution in [0.5, 0.6) is 0 Å². The molecule has 0 saturated heterocycles. The lowest BCUT2D eigenvalue weighted by Gasteiger charge is -2.06. The van der Waals surface area contributed by atoms with Crippen molar-refractivity contribution >= 4 is 32.5 Å². The first-order valence-electron chi connectivity index (χ1n) is 5.25. The van der Waals surface area contributed by atoms with Gasteiger partial charge in [-0.2, -0.15) is 0 Å². The number of halogens is 1. The van der Waals surface area contributed by atoms with Crippen LogP contribution in [0.4, 0.5) is 5.82 Å². The van der Waals surface area contributed by atoms with Crippen molar-refractivity contribution < 1.29 is 0 Å². The number of anilines is 1. The summed E-state index contributed by atoms with van der Waals surface area (Å²) >= 11 is 3.36. The van der Waals surface area contributed by atoms with Gasteiger partial charge in [0.05, 0.1) is 0 Å². The van der Waals surface area contributed by atoms with Crippen molar-refractivity contribution in [2.75, 3.05) is 5.73 Å². The average Bonchev–Trinajstić information content (AvgIpc) is 2.71. The predicted molar refractivity (Wildman–Crippen MR) is 71.6 cm³/mol. The van der Waals surface area contributed by atoms with Crippen molar-refractivity contribution in [3.05, 3.63) is 28.9 Å². The Hall–Kier alpha value is -2.02. The molecule has 0 radical (unpaired) electrons. The summed E-state index contributed by atoms with van der Waals surface area (Å²) in [6, 6.07) is 7.72. The molecule has 90 valence electrons. The van der Waals surface area contributed by atoms with Crippen molar-refractivity contribution in [2.45, 2.75) is 0 Å². The molecule has 0 aliphatic rings. The quantitative estimate of drug-likeness (QED) is 0.741. The Labute approximate surface area is 111 Å². The fraction of sp³-hybridized carbons (Fsp3) is 0.0909. The summed E-state index contributed by atoms with van der Waals surface area (Å²) in [5, 5.41) is 17.8. The Balaban J connectivity index is 2.41. The van der Waals surface area contributed by atoms with E-state index in [0.29, 0.717) is 16.1 Å². The van der Waals surface area contributed by atoms with Gasteiger partial charge < -0.3 is 5.73 Å². The fourth-order valence-electron chi connectivity index (χ4n) is 1.88. The zero-order valence-corrected chi connectivity index (χ0v) is 11.1. The van der Waals surface area contributed by atoms with E-state index in [2.05, 4.69) is 36.4 Å². The van der Waals surface area contributed by atoms with Gasteiger partial charge in [0.1, 0.15) is 11.4 Å². The van der Waals surface area contributed by atoms with Gasteiger partial charge in [-0.15, -0.1) is 15.3 Å². The average molecular weight is 305 g/mol. The molecule has 2 aromatic heterocycles. The summed E-state index contributed by atoms with van der Waals surface area (Å²) < 4.78 is 2.28. The molecule has 7 heteroatoms. The molecule has 3 aromatic rings. The van der Waals surface area contributed by atoms with Gasteiger partial charge in [-0.1, -0.05) is 29.5 Å². The van der Waals surface area contributed by atoms with E-state index in [1.54, 1.807) is 11.7 Å². The Kier molecular flexibility index (Phi) is 2.48. The monoisotopic (exact) mass is 304 g/mol. The zero-order chi connectivity index (χ0) is 12.7. The second-order valence-electron chi connectivity index (χ2n) is 3.83. The van der Waals surface area contributed by atoms with Crippen LogP contribution >= 0.6 is 15.9 Å². The lowest BCUT2D eigenvalue weighted by Crippen LogP contribution is -2.01. The maximum Gasteiger partial charge on any atom is 0.158 e. The molecule has 0 aliphatic heterocycles. The summed E-state index contributed by atoms with van der Waals surface area (Å²) in [5.74, 6) is 0.417. The van der Waals surface area contributed by atoms with Gasteiger partial charge in [-0.25, -0.2) is 4.68 Å². The number of hydrogen-bond acceptors (Lipinski definition) is 5. The van der Waals surface area contributed by atoms with Gasteiger partial charge in [0, 0.05) is 17.8 Å². The van der Waals surface area contributed by atoms with E-state index in [-0.39, 0.29) is 0 Å². The van der Waals surface area contributed by atoms with Gasteiger partial charge in [0.2, 0.25) is 0 Å². The topological polar surface area (TPSA) is 82.5 Å². The van der Waals surface area contributed by atoms with Crippen molar-refractivity contribution in [3.63, 3.8) is 0 Å². The number of benzene rings is 1. The highest BCUT2D eigenvalue weighted by Crippen LogP contribution is 2.31. The van der Waals surface area contributed by atoms with Crippen molar-refractivity contribution in [2.24, 2.45) is 7.05 Å². The lowest BCUT2D eigenvalue weighted by atomic mass is 10.1. The number of aryl methyl sites for hydroxylation is 1. The molecule has 2 heterocycles. The summed E-state index contributed by atoms with van der Waals surface area (Å²) in [7, 11) is 1.81. The van der Waals surface area contributed by atoms with Crippen LogP contribution in [-0.2, 0) is 7.05 Å². The van der Waals surface area contributed by atoms with Crippen LogP contribution in [0.1, 0.15) is 0 Å². The Morgan fingerprint density at radius 3 is 2.50 bits per heavy atom. The number of rotatable bonds is 1. The van der Waals surface area contributed by atoms with Crippen LogP contribution in [0.2, 0.25) is 0 Å². The van der Waals surface area contributed by atoms with Crippen LogP contribution < -0.4 is 5.73 Å². The number of aromatic nitrogens is 5. The van der Waals surface area contributed by atoms with E-state index in [1.807, 2.05) is 24.3 Å². The Morgan fingerprint density at radius 2 is 1.83 bits per heavy atom. The van der Waals surface area contributed by atoms with E-state index < -0.39 is 0 Å². The molecular weight excluding hydrogens is 296 g/mol. The van der Waals surface area contributed by atoms with Crippen molar-refractivity contribution in [1.82, 2.24) is 25.2 Å². The minimum Gasteiger partial charge on any atom is -0.382 e. The molecule has 0 fully saturated rings. The predicted octanol–water partition coefficient (Wildman–Crippen LogP) is 1.77. The number of nitrogens with zero attached hydrogens (tertiary/aromatic N) is 5. The molecule has 18 heavy (non-hydrogen) atoms.